The number of rotatable bonds is 6. The van der Waals surface area contributed by atoms with Gasteiger partial charge in [-0.25, -0.2) is 9.78 Å². The third kappa shape index (κ3) is 4.69. The molecule has 2 aromatic rings. The zero-order valence-electron chi connectivity index (χ0n) is 13.8. The summed E-state index contributed by atoms with van der Waals surface area (Å²) in [5.41, 5.74) is 6.78. The standard InChI is InChI=1S/C16H17N7O3/c1-22-11-17-23(20-22)21-26-14(10-12-6-3-2-4-7-12)13-8-5-9-15(18-13)19-16(24)25/h2-11,20-21H,1H3,(H,18,19)(H,24,25). The number of hydrazine groups is 3. The van der Waals surface area contributed by atoms with Gasteiger partial charge < -0.3 is 9.94 Å². The number of pyridine rings is 1. The molecule has 0 saturated heterocycles. The Hall–Kier alpha value is -3.63. The summed E-state index contributed by atoms with van der Waals surface area (Å²) in [5.74, 6) is 0.561. The van der Waals surface area contributed by atoms with Crippen LogP contribution < -0.4 is 16.4 Å². The van der Waals surface area contributed by atoms with Crippen LogP contribution in [0.5, 0.6) is 0 Å². The topological polar surface area (TPSA) is 114 Å². The van der Waals surface area contributed by atoms with E-state index in [-0.39, 0.29) is 5.82 Å². The Morgan fingerprint density at radius 3 is 2.73 bits per heavy atom. The largest absolute Gasteiger partial charge is 0.465 e. The Kier molecular flexibility index (Phi) is 5.27. The molecule has 0 atom stereocenters. The van der Waals surface area contributed by atoms with E-state index in [1.165, 1.54) is 5.23 Å². The number of nitrogens with zero attached hydrogens (tertiary/aromatic N) is 4. The summed E-state index contributed by atoms with van der Waals surface area (Å²) in [5, 5.41) is 18.0. The Morgan fingerprint density at radius 1 is 1.23 bits per heavy atom. The lowest BCUT2D eigenvalue weighted by molar-refractivity contribution is -0.0700. The van der Waals surface area contributed by atoms with Crippen LogP contribution in [-0.4, -0.2) is 39.8 Å². The van der Waals surface area contributed by atoms with Crippen LogP contribution in [0.15, 0.2) is 53.6 Å². The van der Waals surface area contributed by atoms with Gasteiger partial charge in [-0.3, -0.25) is 10.3 Å². The summed E-state index contributed by atoms with van der Waals surface area (Å²) in [6, 6.07) is 14.4. The molecule has 2 heterocycles. The van der Waals surface area contributed by atoms with Crippen LogP contribution in [-0.2, 0) is 4.84 Å². The van der Waals surface area contributed by atoms with Crippen molar-refractivity contribution in [2.45, 2.75) is 0 Å². The molecular formula is C16H17N7O3. The third-order valence-electron chi connectivity index (χ3n) is 3.17. The molecule has 0 bridgehead atoms. The molecule has 10 heteroatoms. The number of carboxylic acid groups (broad SMARTS) is 1. The van der Waals surface area contributed by atoms with Gasteiger partial charge in [0.15, 0.2) is 5.76 Å². The maximum Gasteiger partial charge on any atom is 0.410 e. The third-order valence-corrected chi connectivity index (χ3v) is 3.17. The summed E-state index contributed by atoms with van der Waals surface area (Å²) in [4.78, 5) is 20.7. The fraction of sp³-hybridized carbons (Fsp3) is 0.0625. The van der Waals surface area contributed by atoms with E-state index in [1.54, 1.807) is 42.7 Å². The van der Waals surface area contributed by atoms with Crippen LogP contribution in [0, 0.1) is 0 Å². The first-order valence-electron chi connectivity index (χ1n) is 7.60. The van der Waals surface area contributed by atoms with E-state index in [1.807, 2.05) is 30.3 Å². The fourth-order valence-corrected chi connectivity index (χ4v) is 2.07. The second kappa shape index (κ2) is 7.96. The van der Waals surface area contributed by atoms with Gasteiger partial charge in [0.25, 0.3) is 0 Å². The van der Waals surface area contributed by atoms with Gasteiger partial charge in [0.2, 0.25) is 0 Å². The average molecular weight is 355 g/mol. The molecule has 10 nitrogen and oxygen atoms in total. The quantitative estimate of drug-likeness (QED) is 0.457. The number of anilines is 1. The molecule has 1 aromatic heterocycles. The minimum absolute atomic E-state index is 0.189. The molecule has 1 aliphatic heterocycles. The van der Waals surface area contributed by atoms with E-state index in [9.17, 15) is 4.79 Å². The van der Waals surface area contributed by atoms with Crippen LogP contribution in [0.1, 0.15) is 11.3 Å². The number of hydrogen-bond acceptors (Lipinski definition) is 8. The second-order valence-corrected chi connectivity index (χ2v) is 5.20. The maximum absolute atomic E-state index is 10.8. The van der Waals surface area contributed by atoms with Gasteiger partial charge in [-0.1, -0.05) is 36.4 Å². The van der Waals surface area contributed by atoms with Crippen molar-refractivity contribution in [3.8, 4) is 0 Å². The number of benzene rings is 1. The zero-order chi connectivity index (χ0) is 18.4. The van der Waals surface area contributed by atoms with E-state index >= 15 is 0 Å². The lowest BCUT2D eigenvalue weighted by atomic mass is 10.2. The zero-order valence-corrected chi connectivity index (χ0v) is 13.8. The van der Waals surface area contributed by atoms with Gasteiger partial charge >= 0.3 is 6.09 Å². The monoisotopic (exact) mass is 355 g/mol. The van der Waals surface area contributed by atoms with Crippen molar-refractivity contribution >= 4 is 30.1 Å². The Bertz CT molecular complexity index is 826. The highest BCUT2D eigenvalue weighted by Crippen LogP contribution is 2.19. The van der Waals surface area contributed by atoms with E-state index in [2.05, 4.69) is 26.5 Å². The lowest BCUT2D eigenvalue weighted by Gasteiger charge is -2.18. The van der Waals surface area contributed by atoms with E-state index in [0.29, 0.717) is 11.5 Å². The number of hydrazone groups is 1. The van der Waals surface area contributed by atoms with Crippen LogP contribution in [0.25, 0.3) is 11.8 Å². The minimum Gasteiger partial charge on any atom is -0.465 e. The van der Waals surface area contributed by atoms with E-state index < -0.39 is 6.09 Å². The number of carbonyl (C=O) groups is 1. The molecule has 1 aromatic carbocycles. The van der Waals surface area contributed by atoms with Crippen LogP contribution in [0.4, 0.5) is 10.6 Å². The molecule has 4 N–H and O–H groups in total. The summed E-state index contributed by atoms with van der Waals surface area (Å²) in [6.45, 7) is 0. The maximum atomic E-state index is 10.8. The summed E-state index contributed by atoms with van der Waals surface area (Å²) in [6.07, 6.45) is 2.12. The molecular weight excluding hydrogens is 338 g/mol. The van der Waals surface area contributed by atoms with Crippen LogP contribution >= 0.6 is 0 Å². The highest BCUT2D eigenvalue weighted by atomic mass is 16.7. The van der Waals surface area contributed by atoms with Gasteiger partial charge in [-0.05, 0) is 29.4 Å². The van der Waals surface area contributed by atoms with Gasteiger partial charge in [0, 0.05) is 7.05 Å². The number of nitrogens with one attached hydrogen (secondary N) is 3. The summed E-state index contributed by atoms with van der Waals surface area (Å²) < 4.78 is 0. The van der Waals surface area contributed by atoms with Crippen molar-refractivity contribution < 1.29 is 14.7 Å². The van der Waals surface area contributed by atoms with E-state index in [0.717, 1.165) is 5.56 Å². The second-order valence-electron chi connectivity index (χ2n) is 5.20. The fourth-order valence-electron chi connectivity index (χ4n) is 2.07. The van der Waals surface area contributed by atoms with Crippen molar-refractivity contribution in [3.05, 3.63) is 59.8 Å². The molecule has 1 aliphatic rings. The molecule has 0 spiro atoms. The normalized spacial score (nSPS) is 13.8. The molecule has 0 radical (unpaired) electrons. The van der Waals surface area contributed by atoms with Gasteiger partial charge in [0.05, 0.1) is 0 Å². The van der Waals surface area contributed by atoms with E-state index in [4.69, 9.17) is 9.94 Å². The lowest BCUT2D eigenvalue weighted by Crippen LogP contribution is -2.45. The molecule has 26 heavy (non-hydrogen) atoms. The highest BCUT2D eigenvalue weighted by molar-refractivity contribution is 5.82. The van der Waals surface area contributed by atoms with Crippen LogP contribution in [0.2, 0.25) is 0 Å². The average Bonchev–Trinajstić information content (AvgIpc) is 3.04. The molecule has 0 saturated carbocycles. The molecule has 1 amide bonds. The number of amides is 1. The minimum atomic E-state index is -1.19. The molecule has 0 unspecified atom stereocenters. The van der Waals surface area contributed by atoms with Gasteiger partial charge in [-0.2, -0.15) is 0 Å². The number of hydrogen-bond donors (Lipinski definition) is 4. The first-order chi connectivity index (χ1) is 12.6. The summed E-state index contributed by atoms with van der Waals surface area (Å²) >= 11 is 0. The number of aromatic nitrogens is 1. The van der Waals surface area contributed by atoms with Gasteiger partial charge in [0.1, 0.15) is 17.9 Å². The smallest absolute Gasteiger partial charge is 0.410 e. The predicted molar refractivity (Wildman–Crippen MR) is 95.6 cm³/mol. The van der Waals surface area contributed by atoms with Crippen molar-refractivity contribution in [2.75, 3.05) is 12.4 Å². The van der Waals surface area contributed by atoms with Crippen molar-refractivity contribution in [2.24, 2.45) is 5.10 Å². The SMILES string of the molecule is CN1C=NN(NOC(=Cc2ccccc2)c2cccc(NC(=O)O)n2)N1. The highest BCUT2D eigenvalue weighted by Gasteiger charge is 2.13. The Labute approximate surface area is 149 Å². The van der Waals surface area contributed by atoms with Gasteiger partial charge in [-0.15, -0.1) is 15.9 Å². The molecule has 0 fully saturated rings. The molecule has 0 aliphatic carbocycles. The van der Waals surface area contributed by atoms with Crippen LogP contribution in [0.3, 0.4) is 0 Å². The Balaban J connectivity index is 1.84. The first kappa shape index (κ1) is 17.2. The summed E-state index contributed by atoms with van der Waals surface area (Å²) in [7, 11) is 1.77. The molecule has 3 rings (SSSR count). The Morgan fingerprint density at radius 2 is 2.04 bits per heavy atom. The van der Waals surface area contributed by atoms with Crippen molar-refractivity contribution in [3.63, 3.8) is 0 Å². The van der Waals surface area contributed by atoms with Crippen molar-refractivity contribution in [1.29, 1.82) is 0 Å². The molecule has 134 valence electrons. The first-order valence-corrected chi connectivity index (χ1v) is 7.60. The predicted octanol–water partition coefficient (Wildman–Crippen LogP) is 1.72. The van der Waals surface area contributed by atoms with Crippen molar-refractivity contribution in [1.82, 2.24) is 26.3 Å².